The predicted molar refractivity (Wildman–Crippen MR) is 63.3 cm³/mol. The fourth-order valence-corrected chi connectivity index (χ4v) is 2.69. The fourth-order valence-electron chi connectivity index (χ4n) is 1.40. The van der Waals surface area contributed by atoms with Gasteiger partial charge in [0.1, 0.15) is 17.2 Å². The quantitative estimate of drug-likeness (QED) is 0.854. The first-order valence-corrected chi connectivity index (χ1v) is 6.48. The first-order valence-electron chi connectivity index (χ1n) is 5.04. The van der Waals surface area contributed by atoms with Gasteiger partial charge >= 0.3 is 6.18 Å². The molecule has 0 aliphatic carbocycles. The minimum absolute atomic E-state index is 0.103. The van der Waals surface area contributed by atoms with Crippen molar-refractivity contribution in [1.29, 1.82) is 0 Å². The van der Waals surface area contributed by atoms with Crippen LogP contribution in [0.15, 0.2) is 23.1 Å². The smallest absolute Gasteiger partial charge is 0.402 e. The summed E-state index contributed by atoms with van der Waals surface area (Å²) in [5.74, 6) is -0.103. The summed E-state index contributed by atoms with van der Waals surface area (Å²) in [5.41, 5.74) is 5.70. The highest BCUT2D eigenvalue weighted by molar-refractivity contribution is 7.89. The summed E-state index contributed by atoms with van der Waals surface area (Å²) < 4.78 is 65.8. The van der Waals surface area contributed by atoms with Gasteiger partial charge in [-0.2, -0.15) is 17.5 Å². The Kier molecular flexibility index (Phi) is 4.31. The van der Waals surface area contributed by atoms with Crippen molar-refractivity contribution in [3.8, 4) is 5.75 Å². The topological polar surface area (TPSA) is 72.6 Å². The number of anilines is 1. The van der Waals surface area contributed by atoms with Gasteiger partial charge in [-0.05, 0) is 12.1 Å². The predicted octanol–water partition coefficient (Wildman–Crippen LogP) is 1.46. The lowest BCUT2D eigenvalue weighted by molar-refractivity contribution is -0.134. The number of benzene rings is 1. The SMILES string of the molecule is COc1cc(N)ccc1S(=O)(=O)N(C)CC(F)(F)F. The molecule has 9 heteroatoms. The largest absolute Gasteiger partial charge is 0.495 e. The van der Waals surface area contributed by atoms with E-state index < -0.39 is 22.7 Å². The zero-order chi connectivity index (χ0) is 14.8. The maximum atomic E-state index is 12.2. The van der Waals surface area contributed by atoms with E-state index in [0.717, 1.165) is 13.1 Å². The van der Waals surface area contributed by atoms with Crippen molar-refractivity contribution >= 4 is 15.7 Å². The Morgan fingerprint density at radius 3 is 2.42 bits per heavy atom. The van der Waals surface area contributed by atoms with Gasteiger partial charge in [-0.25, -0.2) is 8.42 Å². The molecule has 0 saturated carbocycles. The van der Waals surface area contributed by atoms with Crippen LogP contribution in [0.4, 0.5) is 18.9 Å². The second kappa shape index (κ2) is 5.25. The maximum Gasteiger partial charge on any atom is 0.402 e. The molecule has 0 saturated heterocycles. The van der Waals surface area contributed by atoms with Crippen LogP contribution in [0.3, 0.4) is 0 Å². The van der Waals surface area contributed by atoms with E-state index in [9.17, 15) is 21.6 Å². The molecule has 0 bridgehead atoms. The second-order valence-electron chi connectivity index (χ2n) is 3.79. The van der Waals surface area contributed by atoms with Crippen LogP contribution < -0.4 is 10.5 Å². The Hall–Kier alpha value is -1.48. The highest BCUT2D eigenvalue weighted by Crippen LogP contribution is 2.29. The van der Waals surface area contributed by atoms with Crippen LogP contribution in [0, 0.1) is 0 Å². The van der Waals surface area contributed by atoms with Crippen molar-refractivity contribution in [1.82, 2.24) is 4.31 Å². The van der Waals surface area contributed by atoms with E-state index >= 15 is 0 Å². The fraction of sp³-hybridized carbons (Fsp3) is 0.400. The number of hydrogen-bond donors (Lipinski definition) is 1. The number of methoxy groups -OCH3 is 1. The van der Waals surface area contributed by atoms with Crippen molar-refractivity contribution in [2.24, 2.45) is 0 Å². The first kappa shape index (κ1) is 15.6. The van der Waals surface area contributed by atoms with E-state index in [2.05, 4.69) is 0 Å². The monoisotopic (exact) mass is 298 g/mol. The van der Waals surface area contributed by atoms with Crippen molar-refractivity contribution < 1.29 is 26.3 Å². The van der Waals surface area contributed by atoms with Crippen molar-refractivity contribution in [2.75, 3.05) is 26.4 Å². The van der Waals surface area contributed by atoms with Gasteiger partial charge in [-0.1, -0.05) is 0 Å². The number of halogens is 3. The third-order valence-electron chi connectivity index (χ3n) is 2.28. The molecule has 0 aromatic heterocycles. The van der Waals surface area contributed by atoms with Crippen LogP contribution in [0.5, 0.6) is 5.75 Å². The van der Waals surface area contributed by atoms with E-state index in [0.29, 0.717) is 0 Å². The van der Waals surface area contributed by atoms with Gasteiger partial charge in [-0.15, -0.1) is 0 Å². The zero-order valence-electron chi connectivity index (χ0n) is 10.2. The molecule has 0 fully saturated rings. The van der Waals surface area contributed by atoms with Gasteiger partial charge in [0.15, 0.2) is 0 Å². The van der Waals surface area contributed by atoms with E-state index in [1.807, 2.05) is 0 Å². The molecule has 0 aliphatic rings. The zero-order valence-corrected chi connectivity index (χ0v) is 11.0. The normalized spacial score (nSPS) is 12.7. The minimum atomic E-state index is -4.62. The highest BCUT2D eigenvalue weighted by atomic mass is 32.2. The van der Waals surface area contributed by atoms with Gasteiger partial charge in [0.25, 0.3) is 0 Å². The summed E-state index contributed by atoms with van der Waals surface area (Å²) in [5, 5.41) is 0. The molecule has 0 amide bonds. The van der Waals surface area contributed by atoms with Crippen LogP contribution in [0.2, 0.25) is 0 Å². The molecule has 1 aromatic rings. The number of sulfonamides is 1. The van der Waals surface area contributed by atoms with E-state index in [1.54, 1.807) is 0 Å². The molecule has 2 N–H and O–H groups in total. The van der Waals surface area contributed by atoms with Crippen LogP contribution >= 0.6 is 0 Å². The molecule has 0 aliphatic heterocycles. The number of alkyl halides is 3. The molecule has 5 nitrogen and oxygen atoms in total. The van der Waals surface area contributed by atoms with Gasteiger partial charge in [0, 0.05) is 18.8 Å². The average Bonchev–Trinajstić information content (AvgIpc) is 2.26. The van der Waals surface area contributed by atoms with Crippen molar-refractivity contribution in [2.45, 2.75) is 11.1 Å². The number of rotatable bonds is 4. The summed E-state index contributed by atoms with van der Waals surface area (Å²) in [6, 6.07) is 3.61. The van der Waals surface area contributed by atoms with Crippen LogP contribution in [0.25, 0.3) is 0 Å². The van der Waals surface area contributed by atoms with Gasteiger partial charge < -0.3 is 10.5 Å². The number of nitrogen functional groups attached to an aromatic ring is 1. The molecular formula is C10H13F3N2O3S. The summed E-state index contributed by atoms with van der Waals surface area (Å²) in [4.78, 5) is -0.365. The van der Waals surface area contributed by atoms with Crippen LogP contribution in [0.1, 0.15) is 0 Å². The van der Waals surface area contributed by atoms with E-state index in [-0.39, 0.29) is 20.6 Å². The summed E-state index contributed by atoms with van der Waals surface area (Å²) in [6.07, 6.45) is -4.62. The average molecular weight is 298 g/mol. The summed E-state index contributed by atoms with van der Waals surface area (Å²) >= 11 is 0. The van der Waals surface area contributed by atoms with E-state index in [1.165, 1.54) is 19.2 Å². The second-order valence-corrected chi connectivity index (χ2v) is 5.80. The molecule has 108 valence electrons. The molecular weight excluding hydrogens is 285 g/mol. The molecule has 0 radical (unpaired) electrons. The Morgan fingerprint density at radius 2 is 1.95 bits per heavy atom. The maximum absolute atomic E-state index is 12.2. The van der Waals surface area contributed by atoms with Gasteiger partial charge in [0.2, 0.25) is 10.0 Å². The molecule has 0 spiro atoms. The van der Waals surface area contributed by atoms with Crippen LogP contribution in [-0.4, -0.2) is 39.6 Å². The Bertz CT molecular complexity index is 558. The lowest BCUT2D eigenvalue weighted by Gasteiger charge is -2.20. The minimum Gasteiger partial charge on any atom is -0.495 e. The molecule has 0 heterocycles. The molecule has 1 rings (SSSR count). The number of hydrogen-bond acceptors (Lipinski definition) is 4. The summed E-state index contributed by atoms with van der Waals surface area (Å²) in [7, 11) is -2.25. The molecule has 0 unspecified atom stereocenters. The summed E-state index contributed by atoms with van der Waals surface area (Å²) in [6.45, 7) is -1.58. The third-order valence-corrected chi connectivity index (χ3v) is 4.12. The lowest BCUT2D eigenvalue weighted by Crippen LogP contribution is -2.36. The Morgan fingerprint density at radius 1 is 1.37 bits per heavy atom. The molecule has 1 aromatic carbocycles. The standard InChI is InChI=1S/C10H13F3N2O3S/c1-15(6-10(11,12)13)19(16,17)9-4-3-7(14)5-8(9)18-2/h3-5H,6,14H2,1-2H3. The van der Waals surface area contributed by atoms with Gasteiger partial charge in [-0.3, -0.25) is 0 Å². The highest BCUT2D eigenvalue weighted by Gasteiger charge is 2.35. The number of ether oxygens (including phenoxy) is 1. The molecule has 0 atom stereocenters. The number of nitrogens with two attached hydrogens (primary N) is 1. The van der Waals surface area contributed by atoms with Crippen molar-refractivity contribution in [3.63, 3.8) is 0 Å². The lowest BCUT2D eigenvalue weighted by atomic mass is 10.3. The number of nitrogens with zero attached hydrogens (tertiary/aromatic N) is 1. The van der Waals surface area contributed by atoms with Crippen molar-refractivity contribution in [3.05, 3.63) is 18.2 Å². The van der Waals surface area contributed by atoms with E-state index in [4.69, 9.17) is 10.5 Å². The third kappa shape index (κ3) is 3.74. The Balaban J connectivity index is 3.20. The molecule has 19 heavy (non-hydrogen) atoms. The van der Waals surface area contributed by atoms with Crippen LogP contribution in [-0.2, 0) is 10.0 Å². The first-order chi connectivity index (χ1) is 8.58. The van der Waals surface area contributed by atoms with Gasteiger partial charge in [0.05, 0.1) is 7.11 Å². The Labute approximate surface area is 108 Å².